The van der Waals surface area contributed by atoms with Gasteiger partial charge >= 0.3 is 0 Å². The van der Waals surface area contributed by atoms with Crippen LogP contribution in [0.1, 0.15) is 12.8 Å². The number of aromatic nitrogens is 2. The number of rotatable bonds is 2. The van der Waals surface area contributed by atoms with Crippen LogP contribution in [0.15, 0.2) is 35.6 Å². The fourth-order valence-corrected chi connectivity index (χ4v) is 3.70. The molecule has 1 saturated heterocycles. The summed E-state index contributed by atoms with van der Waals surface area (Å²) in [5.74, 6) is 0.863. The second-order valence-corrected chi connectivity index (χ2v) is 6.78. The third kappa shape index (κ3) is 3.91. The first-order chi connectivity index (χ1) is 11.8. The number of pyridine rings is 1. The lowest BCUT2D eigenvalue weighted by Crippen LogP contribution is -2.28. The summed E-state index contributed by atoms with van der Waals surface area (Å²) in [5, 5.41) is 6.96. The summed E-state index contributed by atoms with van der Waals surface area (Å²) in [4.78, 5) is 21.9. The summed E-state index contributed by atoms with van der Waals surface area (Å²) in [6, 6.07) is 3.98. The van der Waals surface area contributed by atoms with Crippen molar-refractivity contribution in [3.63, 3.8) is 0 Å². The second-order valence-electron chi connectivity index (χ2n) is 5.64. The minimum atomic E-state index is -0.0333. The maximum absolute atomic E-state index is 11.7. The molecule has 2 aromatic rings. The molecule has 2 aliphatic heterocycles. The van der Waals surface area contributed by atoms with Crippen molar-refractivity contribution >= 4 is 34.4 Å². The first kappa shape index (κ1) is 16.9. The predicted molar refractivity (Wildman–Crippen MR) is 100 cm³/mol. The molecule has 3 N–H and O–H groups in total. The van der Waals surface area contributed by atoms with E-state index in [1.165, 1.54) is 25.9 Å². The summed E-state index contributed by atoms with van der Waals surface area (Å²) in [6.45, 7) is 3.38. The normalized spacial score (nSPS) is 17.2. The number of amides is 1. The molecule has 0 spiro atoms. The summed E-state index contributed by atoms with van der Waals surface area (Å²) in [6.07, 6.45) is 8.35. The Morgan fingerprint density at radius 3 is 2.88 bits per heavy atom. The van der Waals surface area contributed by atoms with Crippen LogP contribution in [0.2, 0.25) is 0 Å². The van der Waals surface area contributed by atoms with Gasteiger partial charge < -0.3 is 20.5 Å². The zero-order valence-electron chi connectivity index (χ0n) is 13.8. The first-order valence-electron chi connectivity index (χ1n) is 8.26. The highest BCUT2D eigenvalue weighted by Crippen LogP contribution is 2.30. The van der Waals surface area contributed by atoms with Crippen molar-refractivity contribution in [2.75, 3.05) is 37.3 Å². The number of carbonyl (C=O) groups excluding carboxylic acids is 1. The lowest BCUT2D eigenvalue weighted by molar-refractivity contribution is -0.116. The molecule has 0 atom stereocenters. The third-order valence-electron chi connectivity index (χ3n) is 4.02. The molecule has 24 heavy (non-hydrogen) atoms. The van der Waals surface area contributed by atoms with Crippen molar-refractivity contribution in [1.29, 1.82) is 0 Å². The minimum Gasteiger partial charge on any atom is -0.355 e. The van der Waals surface area contributed by atoms with Crippen molar-refractivity contribution in [3.8, 4) is 0 Å². The standard InChI is InChI=1S/C13H14N4OS.C4H9N/c1-14-13(18)11-8-17(6-7-19-11)10-3-5-16-12-9(10)2-4-15-12;1-2-4-5-3-1/h2-5,8H,6-7H2,1H3,(H,14,18)(H,15,16);5H,1-4H2. The number of fused-ring (bicyclic) bond motifs is 1. The van der Waals surface area contributed by atoms with Gasteiger partial charge in [0.25, 0.3) is 5.91 Å². The average molecular weight is 345 g/mol. The van der Waals surface area contributed by atoms with Crippen LogP contribution in [0.4, 0.5) is 5.69 Å². The molecule has 0 bridgehead atoms. The smallest absolute Gasteiger partial charge is 0.258 e. The van der Waals surface area contributed by atoms with Crippen LogP contribution in [-0.4, -0.2) is 48.3 Å². The van der Waals surface area contributed by atoms with E-state index in [4.69, 9.17) is 0 Å². The van der Waals surface area contributed by atoms with Crippen LogP contribution in [0, 0.1) is 0 Å². The summed E-state index contributed by atoms with van der Waals surface area (Å²) < 4.78 is 0. The van der Waals surface area contributed by atoms with Crippen molar-refractivity contribution in [2.45, 2.75) is 12.8 Å². The number of nitrogens with zero attached hydrogens (tertiary/aromatic N) is 2. The molecule has 4 rings (SSSR count). The number of likely N-dealkylation sites (N-methyl/N-ethyl adjacent to an activating group) is 1. The highest BCUT2D eigenvalue weighted by Gasteiger charge is 2.18. The van der Waals surface area contributed by atoms with Crippen molar-refractivity contribution < 1.29 is 4.79 Å². The number of nitrogens with one attached hydrogen (secondary N) is 3. The van der Waals surface area contributed by atoms with Crippen LogP contribution >= 0.6 is 11.8 Å². The highest BCUT2D eigenvalue weighted by molar-refractivity contribution is 8.04. The molecule has 2 aromatic heterocycles. The maximum atomic E-state index is 11.7. The van der Waals surface area contributed by atoms with Crippen molar-refractivity contribution in [3.05, 3.63) is 35.6 Å². The zero-order valence-corrected chi connectivity index (χ0v) is 14.7. The topological polar surface area (TPSA) is 73.0 Å². The van der Waals surface area contributed by atoms with Gasteiger partial charge in [0.05, 0.1) is 10.6 Å². The van der Waals surface area contributed by atoms with E-state index in [9.17, 15) is 4.79 Å². The Kier molecular flexibility index (Phi) is 5.77. The number of thioether (sulfide) groups is 1. The number of H-pyrrole nitrogens is 1. The number of hydrogen-bond donors (Lipinski definition) is 3. The van der Waals surface area contributed by atoms with Gasteiger partial charge in [-0.3, -0.25) is 4.79 Å². The Labute approximate surface area is 146 Å². The molecule has 0 radical (unpaired) electrons. The van der Waals surface area contributed by atoms with Crippen LogP contribution in [0.5, 0.6) is 0 Å². The fraction of sp³-hybridized carbons (Fsp3) is 0.412. The summed E-state index contributed by atoms with van der Waals surface area (Å²) in [5.41, 5.74) is 1.94. The van der Waals surface area contributed by atoms with Crippen molar-refractivity contribution in [2.24, 2.45) is 0 Å². The molecule has 128 valence electrons. The molecule has 0 saturated carbocycles. The quantitative estimate of drug-likeness (QED) is 0.777. The number of aromatic amines is 1. The van der Waals surface area contributed by atoms with Crippen LogP contribution in [-0.2, 0) is 4.79 Å². The van der Waals surface area contributed by atoms with Gasteiger partial charge in [0.15, 0.2) is 0 Å². The zero-order chi connectivity index (χ0) is 16.8. The Bertz CT molecular complexity index is 715. The van der Waals surface area contributed by atoms with E-state index in [2.05, 4.69) is 25.5 Å². The highest BCUT2D eigenvalue weighted by atomic mass is 32.2. The molecular weight excluding hydrogens is 322 g/mol. The maximum Gasteiger partial charge on any atom is 0.258 e. The SMILES string of the molecule is C1CCNC1.CNC(=O)C1=CN(c2ccnc3[nH]ccc23)CCS1. The van der Waals surface area contributed by atoms with E-state index in [0.29, 0.717) is 0 Å². The van der Waals surface area contributed by atoms with Gasteiger partial charge in [0.1, 0.15) is 5.65 Å². The number of carbonyl (C=O) groups is 1. The van der Waals surface area contributed by atoms with Crippen LogP contribution in [0.25, 0.3) is 11.0 Å². The molecule has 6 nitrogen and oxygen atoms in total. The van der Waals surface area contributed by atoms with Gasteiger partial charge in [-0.25, -0.2) is 4.98 Å². The second kappa shape index (κ2) is 8.21. The molecule has 7 heteroatoms. The third-order valence-corrected chi connectivity index (χ3v) is 5.01. The van der Waals surface area contributed by atoms with E-state index in [1.54, 1.807) is 25.0 Å². The number of anilines is 1. The van der Waals surface area contributed by atoms with Gasteiger partial charge in [0.2, 0.25) is 0 Å². The molecule has 0 aromatic carbocycles. The molecule has 0 aliphatic carbocycles. The van der Waals surface area contributed by atoms with Crippen LogP contribution < -0.4 is 15.5 Å². The van der Waals surface area contributed by atoms with Gasteiger partial charge in [-0.05, 0) is 38.1 Å². The largest absolute Gasteiger partial charge is 0.355 e. The van der Waals surface area contributed by atoms with E-state index >= 15 is 0 Å². The molecule has 2 aliphatic rings. The Morgan fingerprint density at radius 1 is 1.33 bits per heavy atom. The molecule has 1 amide bonds. The minimum absolute atomic E-state index is 0.0333. The van der Waals surface area contributed by atoms with Gasteiger partial charge in [0, 0.05) is 43.3 Å². The van der Waals surface area contributed by atoms with E-state index in [-0.39, 0.29) is 5.91 Å². The first-order valence-corrected chi connectivity index (χ1v) is 9.24. The Hall–Kier alpha value is -1.99. The van der Waals surface area contributed by atoms with Gasteiger partial charge in [-0.15, -0.1) is 11.8 Å². The van der Waals surface area contributed by atoms with Gasteiger partial charge in [-0.1, -0.05) is 0 Å². The predicted octanol–water partition coefficient (Wildman–Crippen LogP) is 2.07. The van der Waals surface area contributed by atoms with Crippen molar-refractivity contribution in [1.82, 2.24) is 20.6 Å². The van der Waals surface area contributed by atoms with E-state index in [0.717, 1.165) is 33.9 Å². The Balaban J connectivity index is 0.000000290. The monoisotopic (exact) mass is 345 g/mol. The van der Waals surface area contributed by atoms with E-state index < -0.39 is 0 Å². The molecule has 4 heterocycles. The van der Waals surface area contributed by atoms with Crippen LogP contribution in [0.3, 0.4) is 0 Å². The molecule has 0 unspecified atom stereocenters. The van der Waals surface area contributed by atoms with Gasteiger partial charge in [-0.2, -0.15) is 0 Å². The average Bonchev–Trinajstić information content (AvgIpc) is 3.34. The fourth-order valence-electron chi connectivity index (χ4n) is 2.76. The molecule has 1 fully saturated rings. The summed E-state index contributed by atoms with van der Waals surface area (Å²) in [7, 11) is 1.65. The van der Waals surface area contributed by atoms with E-state index in [1.807, 2.05) is 24.5 Å². The number of hydrogen-bond acceptors (Lipinski definition) is 5. The Morgan fingerprint density at radius 2 is 2.17 bits per heavy atom. The lowest BCUT2D eigenvalue weighted by Gasteiger charge is -2.26. The summed E-state index contributed by atoms with van der Waals surface area (Å²) >= 11 is 1.59. The lowest BCUT2D eigenvalue weighted by atomic mass is 10.2. The molecular formula is C17H23N5OS.